The van der Waals surface area contributed by atoms with E-state index in [4.69, 9.17) is 0 Å². The van der Waals surface area contributed by atoms with Crippen molar-refractivity contribution in [2.75, 3.05) is 7.05 Å². The molecule has 19 heavy (non-hydrogen) atoms. The number of nitro benzene ring substituents is 1. The summed E-state index contributed by atoms with van der Waals surface area (Å²) < 4.78 is 27.5. The van der Waals surface area contributed by atoms with Crippen LogP contribution in [0.5, 0.6) is 0 Å². The first kappa shape index (κ1) is 13.4. The molecule has 0 radical (unpaired) electrons. The maximum Gasteiger partial charge on any atom is 0.305 e. The zero-order chi connectivity index (χ0) is 14.0. The molecule has 0 saturated carbocycles. The number of rotatable bonds is 4. The summed E-state index contributed by atoms with van der Waals surface area (Å²) in [4.78, 5) is 9.72. The third kappa shape index (κ3) is 2.56. The lowest BCUT2D eigenvalue weighted by molar-refractivity contribution is -0.387. The molecule has 0 aliphatic heterocycles. The molecule has 0 spiro atoms. The van der Waals surface area contributed by atoms with E-state index < -0.39 is 27.8 Å². The number of nitro groups is 1. The molecular formula is C10H8F2N4O2S. The Morgan fingerprint density at radius 1 is 1.42 bits per heavy atom. The Balaban J connectivity index is 2.53. The topological polar surface area (TPSA) is 81.0 Å². The van der Waals surface area contributed by atoms with Crippen molar-refractivity contribution in [1.82, 2.24) is 15.5 Å². The number of halogens is 2. The van der Waals surface area contributed by atoms with Crippen LogP contribution in [0.2, 0.25) is 0 Å². The lowest BCUT2D eigenvalue weighted by Crippen LogP contribution is -2.04. The van der Waals surface area contributed by atoms with Gasteiger partial charge in [-0.2, -0.15) is 4.39 Å². The normalized spacial score (nSPS) is 10.7. The Labute approximate surface area is 110 Å². The zero-order valence-electron chi connectivity index (χ0n) is 9.68. The van der Waals surface area contributed by atoms with E-state index >= 15 is 0 Å². The SMILES string of the molecule is CNCc1nnc(-c2c(F)ccc([N+](=O)[O-])c2F)s1. The fraction of sp³-hybridized carbons (Fsp3) is 0.200. The van der Waals surface area contributed by atoms with Gasteiger partial charge in [-0.15, -0.1) is 10.2 Å². The molecule has 1 heterocycles. The standard InChI is InChI=1S/C10H8F2N4O2S/c1-13-4-7-14-15-10(19-7)8-5(11)2-3-6(9(8)12)16(17)18/h2-3,13H,4H2,1H3. The van der Waals surface area contributed by atoms with E-state index in [-0.39, 0.29) is 5.01 Å². The third-order valence-corrected chi connectivity index (χ3v) is 3.22. The van der Waals surface area contributed by atoms with Gasteiger partial charge < -0.3 is 5.32 Å². The molecule has 0 amide bonds. The van der Waals surface area contributed by atoms with Crippen LogP contribution in [0, 0.1) is 21.7 Å². The van der Waals surface area contributed by atoms with Gasteiger partial charge in [0, 0.05) is 12.6 Å². The molecule has 0 aliphatic carbocycles. The van der Waals surface area contributed by atoms with Gasteiger partial charge in [0.2, 0.25) is 5.82 Å². The molecule has 9 heteroatoms. The summed E-state index contributed by atoms with van der Waals surface area (Å²) in [6.45, 7) is 0.399. The van der Waals surface area contributed by atoms with Gasteiger partial charge in [0.15, 0.2) is 5.01 Å². The molecule has 0 aliphatic rings. The maximum absolute atomic E-state index is 13.9. The van der Waals surface area contributed by atoms with Crippen molar-refractivity contribution in [3.63, 3.8) is 0 Å². The average molecular weight is 286 g/mol. The quantitative estimate of drug-likeness (QED) is 0.687. The molecule has 6 nitrogen and oxygen atoms in total. The van der Waals surface area contributed by atoms with Gasteiger partial charge in [-0.1, -0.05) is 11.3 Å². The molecule has 0 bridgehead atoms. The van der Waals surface area contributed by atoms with Crippen molar-refractivity contribution in [2.45, 2.75) is 6.54 Å². The van der Waals surface area contributed by atoms with E-state index in [1.165, 1.54) is 0 Å². The molecule has 0 unspecified atom stereocenters. The van der Waals surface area contributed by atoms with E-state index in [1.54, 1.807) is 7.05 Å². The summed E-state index contributed by atoms with van der Waals surface area (Å²) in [5.74, 6) is -2.15. The van der Waals surface area contributed by atoms with E-state index in [1.807, 2.05) is 0 Å². The number of aromatic nitrogens is 2. The fourth-order valence-electron chi connectivity index (χ4n) is 1.46. The highest BCUT2D eigenvalue weighted by atomic mass is 32.1. The molecule has 0 fully saturated rings. The van der Waals surface area contributed by atoms with Crippen molar-refractivity contribution in [1.29, 1.82) is 0 Å². The molecule has 100 valence electrons. The van der Waals surface area contributed by atoms with Crippen LogP contribution in [-0.4, -0.2) is 22.2 Å². The minimum Gasteiger partial charge on any atom is -0.313 e. The molecule has 0 saturated heterocycles. The molecule has 2 aromatic rings. The monoisotopic (exact) mass is 286 g/mol. The van der Waals surface area contributed by atoms with Crippen LogP contribution in [0.15, 0.2) is 12.1 Å². The summed E-state index contributed by atoms with van der Waals surface area (Å²) in [7, 11) is 1.69. The Morgan fingerprint density at radius 3 is 2.79 bits per heavy atom. The Bertz CT molecular complexity index is 632. The van der Waals surface area contributed by atoms with Crippen LogP contribution < -0.4 is 5.32 Å². The van der Waals surface area contributed by atoms with E-state index in [0.29, 0.717) is 11.6 Å². The van der Waals surface area contributed by atoms with Crippen LogP contribution in [0.25, 0.3) is 10.6 Å². The van der Waals surface area contributed by atoms with Crippen LogP contribution >= 0.6 is 11.3 Å². The first-order valence-electron chi connectivity index (χ1n) is 5.14. The second-order valence-electron chi connectivity index (χ2n) is 3.54. The maximum atomic E-state index is 13.9. The molecule has 1 aromatic heterocycles. The van der Waals surface area contributed by atoms with Crippen molar-refractivity contribution in [3.05, 3.63) is 38.9 Å². The number of benzene rings is 1. The summed E-state index contributed by atoms with van der Waals surface area (Å²) in [5, 5.41) is 21.3. The second kappa shape index (κ2) is 5.33. The number of hydrogen-bond acceptors (Lipinski definition) is 6. The van der Waals surface area contributed by atoms with Crippen molar-refractivity contribution in [3.8, 4) is 10.6 Å². The van der Waals surface area contributed by atoms with Gasteiger partial charge in [-0.05, 0) is 13.1 Å². The largest absolute Gasteiger partial charge is 0.313 e. The number of nitrogens with zero attached hydrogens (tertiary/aromatic N) is 3. The highest BCUT2D eigenvalue weighted by molar-refractivity contribution is 7.14. The van der Waals surface area contributed by atoms with Crippen molar-refractivity contribution >= 4 is 17.0 Å². The van der Waals surface area contributed by atoms with Gasteiger partial charge in [0.05, 0.1) is 10.5 Å². The first-order chi connectivity index (χ1) is 9.04. The third-order valence-electron chi connectivity index (χ3n) is 2.28. The first-order valence-corrected chi connectivity index (χ1v) is 5.96. The Kier molecular flexibility index (Phi) is 3.76. The molecule has 1 aromatic carbocycles. The number of nitrogens with one attached hydrogen (secondary N) is 1. The smallest absolute Gasteiger partial charge is 0.305 e. The lowest BCUT2D eigenvalue weighted by atomic mass is 10.2. The summed E-state index contributed by atoms with van der Waals surface area (Å²) in [6.07, 6.45) is 0. The molecule has 0 atom stereocenters. The highest BCUT2D eigenvalue weighted by Gasteiger charge is 2.24. The summed E-state index contributed by atoms with van der Waals surface area (Å²) >= 11 is 0.972. The molecule has 2 rings (SSSR count). The van der Waals surface area contributed by atoms with Gasteiger partial charge >= 0.3 is 5.69 Å². The van der Waals surface area contributed by atoms with Gasteiger partial charge in [0.25, 0.3) is 0 Å². The second-order valence-corrected chi connectivity index (χ2v) is 4.61. The van der Waals surface area contributed by atoms with Crippen LogP contribution in [0.1, 0.15) is 5.01 Å². The van der Waals surface area contributed by atoms with E-state index in [0.717, 1.165) is 23.5 Å². The van der Waals surface area contributed by atoms with E-state index in [2.05, 4.69) is 15.5 Å². The number of hydrogen-bond donors (Lipinski definition) is 1. The van der Waals surface area contributed by atoms with Crippen LogP contribution in [-0.2, 0) is 6.54 Å². The highest BCUT2D eigenvalue weighted by Crippen LogP contribution is 2.33. The van der Waals surface area contributed by atoms with Gasteiger partial charge in [-0.3, -0.25) is 10.1 Å². The minimum atomic E-state index is -1.24. The Morgan fingerprint density at radius 2 is 2.16 bits per heavy atom. The zero-order valence-corrected chi connectivity index (χ0v) is 10.5. The Hall–Kier alpha value is -2.00. The predicted octanol–water partition coefficient (Wildman–Crippen LogP) is 2.11. The fourth-order valence-corrected chi connectivity index (χ4v) is 2.35. The lowest BCUT2D eigenvalue weighted by Gasteiger charge is -2.01. The predicted molar refractivity (Wildman–Crippen MR) is 64.7 cm³/mol. The van der Waals surface area contributed by atoms with E-state index in [9.17, 15) is 18.9 Å². The van der Waals surface area contributed by atoms with Crippen molar-refractivity contribution < 1.29 is 13.7 Å². The van der Waals surface area contributed by atoms with Gasteiger partial charge in [0.1, 0.15) is 10.8 Å². The van der Waals surface area contributed by atoms with Gasteiger partial charge in [-0.25, -0.2) is 4.39 Å². The van der Waals surface area contributed by atoms with Crippen LogP contribution in [0.4, 0.5) is 14.5 Å². The minimum absolute atomic E-state index is 0.0241. The van der Waals surface area contributed by atoms with Crippen molar-refractivity contribution in [2.24, 2.45) is 0 Å². The molecule has 1 N–H and O–H groups in total. The van der Waals surface area contributed by atoms with Crippen LogP contribution in [0.3, 0.4) is 0 Å². The molecular weight excluding hydrogens is 278 g/mol. The summed E-state index contributed by atoms with van der Waals surface area (Å²) in [5.41, 5.74) is -1.31. The summed E-state index contributed by atoms with van der Waals surface area (Å²) in [6, 6.07) is 1.62. The average Bonchev–Trinajstić information content (AvgIpc) is 2.77.